The molecule has 7 heteroatoms. The molecule has 0 saturated heterocycles. The average Bonchev–Trinajstić information content (AvgIpc) is 2.45. The Morgan fingerprint density at radius 1 is 1.24 bits per heavy atom. The van der Waals surface area contributed by atoms with Gasteiger partial charge in [-0.3, -0.25) is 4.98 Å². The third-order valence-corrected chi connectivity index (χ3v) is 5.09. The molecule has 0 atom stereocenters. The first kappa shape index (κ1) is 15.4. The normalized spacial score (nSPS) is 12.0. The van der Waals surface area contributed by atoms with E-state index in [1.807, 2.05) is 19.9 Å². The maximum atomic E-state index is 12.8. The molecule has 0 amide bonds. The van der Waals surface area contributed by atoms with Crippen molar-refractivity contribution in [3.8, 4) is 0 Å². The van der Waals surface area contributed by atoms with Crippen LogP contribution in [0.5, 0.6) is 0 Å². The summed E-state index contributed by atoms with van der Waals surface area (Å²) < 4.78 is 27.0. The minimum atomic E-state index is -3.71. The molecule has 2 N–H and O–H groups in total. The predicted octanol–water partition coefficient (Wildman–Crippen LogP) is 1.66. The van der Waals surface area contributed by atoms with Crippen LogP contribution in [0.1, 0.15) is 19.4 Å². The SMILES string of the molecule is CC(C)N(Cc1cccnc1)S(=O)(=O)c1cccnc1N. The molecule has 0 aliphatic carbocycles. The highest BCUT2D eigenvalue weighted by Crippen LogP contribution is 2.23. The van der Waals surface area contributed by atoms with Gasteiger partial charge in [0.2, 0.25) is 10.0 Å². The molecular formula is C14H18N4O2S. The topological polar surface area (TPSA) is 89.2 Å². The Labute approximate surface area is 124 Å². The molecule has 112 valence electrons. The molecule has 2 heterocycles. The zero-order valence-corrected chi connectivity index (χ0v) is 12.8. The Morgan fingerprint density at radius 3 is 2.52 bits per heavy atom. The van der Waals surface area contributed by atoms with Crippen molar-refractivity contribution in [2.45, 2.75) is 31.3 Å². The van der Waals surface area contributed by atoms with E-state index >= 15 is 0 Å². The molecule has 21 heavy (non-hydrogen) atoms. The van der Waals surface area contributed by atoms with Gasteiger partial charge < -0.3 is 5.73 Å². The minimum Gasteiger partial charge on any atom is -0.383 e. The molecule has 0 saturated carbocycles. The van der Waals surface area contributed by atoms with Crippen LogP contribution in [0.4, 0.5) is 5.82 Å². The van der Waals surface area contributed by atoms with Gasteiger partial charge in [-0.1, -0.05) is 6.07 Å². The molecule has 2 rings (SSSR count). The van der Waals surface area contributed by atoms with Crippen LogP contribution >= 0.6 is 0 Å². The molecule has 0 spiro atoms. The monoisotopic (exact) mass is 306 g/mol. The lowest BCUT2D eigenvalue weighted by atomic mass is 10.2. The molecular weight excluding hydrogens is 288 g/mol. The quantitative estimate of drug-likeness (QED) is 0.907. The number of sulfonamides is 1. The van der Waals surface area contributed by atoms with Gasteiger partial charge in [0.05, 0.1) is 0 Å². The van der Waals surface area contributed by atoms with E-state index < -0.39 is 10.0 Å². The number of aromatic nitrogens is 2. The zero-order valence-electron chi connectivity index (χ0n) is 12.0. The van der Waals surface area contributed by atoms with E-state index in [0.29, 0.717) is 0 Å². The third-order valence-electron chi connectivity index (χ3n) is 3.02. The molecule has 6 nitrogen and oxygen atoms in total. The van der Waals surface area contributed by atoms with Crippen LogP contribution in [0.15, 0.2) is 47.8 Å². The Kier molecular flexibility index (Phi) is 4.54. The highest BCUT2D eigenvalue weighted by atomic mass is 32.2. The summed E-state index contributed by atoms with van der Waals surface area (Å²) in [4.78, 5) is 7.89. The van der Waals surface area contributed by atoms with Crippen molar-refractivity contribution in [3.05, 3.63) is 48.4 Å². The first-order chi connectivity index (χ1) is 9.93. The molecule has 0 unspecified atom stereocenters. The van der Waals surface area contributed by atoms with Gasteiger partial charge in [0, 0.05) is 31.2 Å². The largest absolute Gasteiger partial charge is 0.383 e. The van der Waals surface area contributed by atoms with Gasteiger partial charge in [-0.05, 0) is 37.6 Å². The van der Waals surface area contributed by atoms with E-state index in [2.05, 4.69) is 9.97 Å². The minimum absolute atomic E-state index is 0.00865. The van der Waals surface area contributed by atoms with Crippen molar-refractivity contribution >= 4 is 15.8 Å². The van der Waals surface area contributed by atoms with E-state index in [1.165, 1.54) is 16.6 Å². The summed E-state index contributed by atoms with van der Waals surface area (Å²) in [6.07, 6.45) is 4.77. The zero-order chi connectivity index (χ0) is 15.5. The number of rotatable bonds is 5. The summed E-state index contributed by atoms with van der Waals surface area (Å²) in [6, 6.07) is 6.43. The van der Waals surface area contributed by atoms with E-state index in [9.17, 15) is 8.42 Å². The maximum absolute atomic E-state index is 12.8. The van der Waals surface area contributed by atoms with Gasteiger partial charge >= 0.3 is 0 Å². The van der Waals surface area contributed by atoms with Crippen LogP contribution in [0.3, 0.4) is 0 Å². The summed E-state index contributed by atoms with van der Waals surface area (Å²) in [5, 5.41) is 0. The summed E-state index contributed by atoms with van der Waals surface area (Å²) in [5.41, 5.74) is 6.53. The van der Waals surface area contributed by atoms with Gasteiger partial charge in [0.25, 0.3) is 0 Å². The van der Waals surface area contributed by atoms with Crippen LogP contribution in [0.25, 0.3) is 0 Å². The molecule has 0 fully saturated rings. The van der Waals surface area contributed by atoms with Crippen molar-refractivity contribution in [1.82, 2.24) is 14.3 Å². The standard InChI is InChI=1S/C14H18N4O2S/c1-11(2)18(10-12-5-3-7-16-9-12)21(19,20)13-6-4-8-17-14(13)15/h3-9,11H,10H2,1-2H3,(H2,15,17). The second-order valence-corrected chi connectivity index (χ2v) is 6.75. The van der Waals surface area contributed by atoms with Gasteiger partial charge in [-0.15, -0.1) is 0 Å². The van der Waals surface area contributed by atoms with Crippen molar-refractivity contribution in [3.63, 3.8) is 0 Å². The number of hydrogen-bond acceptors (Lipinski definition) is 5. The fourth-order valence-corrected chi connectivity index (χ4v) is 3.66. The average molecular weight is 306 g/mol. The summed E-state index contributed by atoms with van der Waals surface area (Å²) >= 11 is 0. The lowest BCUT2D eigenvalue weighted by molar-refractivity contribution is 0.348. The van der Waals surface area contributed by atoms with Crippen molar-refractivity contribution in [2.24, 2.45) is 0 Å². The number of nitrogens with two attached hydrogens (primary N) is 1. The highest BCUT2D eigenvalue weighted by Gasteiger charge is 2.29. The fraction of sp³-hybridized carbons (Fsp3) is 0.286. The second-order valence-electron chi connectivity index (χ2n) is 4.89. The Morgan fingerprint density at radius 2 is 1.95 bits per heavy atom. The van der Waals surface area contributed by atoms with Gasteiger partial charge in [0.15, 0.2) is 0 Å². The highest BCUT2D eigenvalue weighted by molar-refractivity contribution is 7.89. The smallest absolute Gasteiger partial charge is 0.247 e. The van der Waals surface area contributed by atoms with E-state index in [4.69, 9.17) is 5.73 Å². The molecule has 0 bridgehead atoms. The van der Waals surface area contributed by atoms with Crippen molar-refractivity contribution in [2.75, 3.05) is 5.73 Å². The van der Waals surface area contributed by atoms with E-state index in [0.717, 1.165) is 5.56 Å². The van der Waals surface area contributed by atoms with Crippen LogP contribution in [-0.4, -0.2) is 28.7 Å². The second kappa shape index (κ2) is 6.19. The third kappa shape index (κ3) is 3.37. The Balaban J connectivity index is 2.40. The number of pyridine rings is 2. The molecule has 0 aliphatic heterocycles. The first-order valence-corrected chi connectivity index (χ1v) is 7.98. The number of anilines is 1. The lowest BCUT2D eigenvalue weighted by Gasteiger charge is -2.26. The Bertz CT molecular complexity index is 702. The molecule has 0 radical (unpaired) electrons. The van der Waals surface area contributed by atoms with Gasteiger partial charge in [-0.25, -0.2) is 13.4 Å². The van der Waals surface area contributed by atoms with Gasteiger partial charge in [-0.2, -0.15) is 4.31 Å². The van der Waals surface area contributed by atoms with E-state index in [1.54, 1.807) is 24.5 Å². The molecule has 2 aromatic heterocycles. The van der Waals surface area contributed by atoms with Crippen molar-refractivity contribution in [1.29, 1.82) is 0 Å². The maximum Gasteiger partial charge on any atom is 0.247 e. The van der Waals surface area contributed by atoms with Crippen LogP contribution < -0.4 is 5.73 Å². The Hall–Kier alpha value is -1.99. The number of hydrogen-bond donors (Lipinski definition) is 1. The lowest BCUT2D eigenvalue weighted by Crippen LogP contribution is -2.36. The predicted molar refractivity (Wildman–Crippen MR) is 80.8 cm³/mol. The summed E-state index contributed by atoms with van der Waals surface area (Å²) in [7, 11) is -3.71. The van der Waals surface area contributed by atoms with E-state index in [-0.39, 0.29) is 23.3 Å². The summed E-state index contributed by atoms with van der Waals surface area (Å²) in [5.74, 6) is 0.00865. The molecule has 2 aromatic rings. The van der Waals surface area contributed by atoms with Crippen LogP contribution in [-0.2, 0) is 16.6 Å². The molecule has 0 aromatic carbocycles. The number of nitrogen functional groups attached to an aromatic ring is 1. The van der Waals surface area contributed by atoms with Gasteiger partial charge in [0.1, 0.15) is 10.7 Å². The molecule has 0 aliphatic rings. The van der Waals surface area contributed by atoms with Crippen molar-refractivity contribution < 1.29 is 8.42 Å². The first-order valence-electron chi connectivity index (χ1n) is 6.54. The van der Waals surface area contributed by atoms with Crippen LogP contribution in [0.2, 0.25) is 0 Å². The fourth-order valence-electron chi connectivity index (χ4n) is 1.96. The van der Waals surface area contributed by atoms with Crippen LogP contribution in [0, 0.1) is 0 Å². The number of nitrogens with zero attached hydrogens (tertiary/aromatic N) is 3. The summed E-state index contributed by atoms with van der Waals surface area (Å²) in [6.45, 7) is 3.88.